The van der Waals surface area contributed by atoms with E-state index in [-0.39, 0.29) is 18.1 Å². The number of urea groups is 1. The molecule has 2 N–H and O–H groups in total. The van der Waals surface area contributed by atoms with E-state index in [0.29, 0.717) is 11.8 Å². The van der Waals surface area contributed by atoms with E-state index in [1.165, 1.54) is 9.75 Å². The lowest BCUT2D eigenvalue weighted by Gasteiger charge is -2.25. The standard InChI is InChI=1S/C17H24N2OS2/c1-11(2)15(13-7-5-9-21-13)18-17(20)19-16(12(3)4)14-8-6-10-22-14/h5-12,15-16H,1-4H3,(H2,18,19,20)/t15-,16-/m0/s1. The number of carbonyl (C=O) groups excluding carboxylic acids is 1. The molecule has 0 aliphatic carbocycles. The van der Waals surface area contributed by atoms with Gasteiger partial charge in [-0.1, -0.05) is 39.8 Å². The number of hydrogen-bond donors (Lipinski definition) is 2. The molecule has 2 amide bonds. The van der Waals surface area contributed by atoms with Gasteiger partial charge in [-0.3, -0.25) is 0 Å². The average molecular weight is 337 g/mol. The van der Waals surface area contributed by atoms with Gasteiger partial charge in [-0.25, -0.2) is 4.79 Å². The lowest BCUT2D eigenvalue weighted by Crippen LogP contribution is -2.42. The van der Waals surface area contributed by atoms with Crippen LogP contribution in [-0.4, -0.2) is 6.03 Å². The zero-order valence-electron chi connectivity index (χ0n) is 13.5. The van der Waals surface area contributed by atoms with Gasteiger partial charge < -0.3 is 10.6 Å². The van der Waals surface area contributed by atoms with Gasteiger partial charge in [-0.05, 0) is 34.7 Å². The van der Waals surface area contributed by atoms with E-state index < -0.39 is 0 Å². The predicted molar refractivity (Wildman–Crippen MR) is 95.5 cm³/mol. The second-order valence-electron chi connectivity index (χ2n) is 6.09. The minimum Gasteiger partial charge on any atom is -0.330 e. The first-order chi connectivity index (χ1) is 10.5. The molecule has 0 saturated carbocycles. The molecule has 0 aliphatic heterocycles. The number of thiophene rings is 2. The third-order valence-electron chi connectivity index (χ3n) is 3.61. The molecule has 0 aromatic carbocycles. The van der Waals surface area contributed by atoms with Gasteiger partial charge in [0.05, 0.1) is 12.1 Å². The summed E-state index contributed by atoms with van der Waals surface area (Å²) in [6, 6.07) is 8.21. The highest BCUT2D eigenvalue weighted by Gasteiger charge is 2.23. The summed E-state index contributed by atoms with van der Waals surface area (Å²) in [6.07, 6.45) is 0. The van der Waals surface area contributed by atoms with Crippen LogP contribution in [0.5, 0.6) is 0 Å². The van der Waals surface area contributed by atoms with Crippen molar-refractivity contribution in [2.24, 2.45) is 11.8 Å². The molecule has 2 rings (SSSR count). The van der Waals surface area contributed by atoms with E-state index >= 15 is 0 Å². The maximum atomic E-state index is 12.5. The molecule has 5 heteroatoms. The molecular formula is C17H24N2OS2. The van der Waals surface area contributed by atoms with Gasteiger partial charge in [0.2, 0.25) is 0 Å². The lowest BCUT2D eigenvalue weighted by molar-refractivity contribution is 0.226. The van der Waals surface area contributed by atoms with Crippen molar-refractivity contribution in [2.45, 2.75) is 39.8 Å². The zero-order valence-corrected chi connectivity index (χ0v) is 15.1. The Kier molecular flexibility index (Phi) is 6.03. The van der Waals surface area contributed by atoms with E-state index in [0.717, 1.165) is 0 Å². The smallest absolute Gasteiger partial charge is 0.315 e. The number of amides is 2. The Morgan fingerprint density at radius 2 is 1.27 bits per heavy atom. The molecule has 0 spiro atoms. The van der Waals surface area contributed by atoms with Crippen LogP contribution in [0.15, 0.2) is 35.0 Å². The van der Waals surface area contributed by atoms with E-state index in [4.69, 9.17) is 0 Å². The van der Waals surface area contributed by atoms with Crippen molar-refractivity contribution in [1.82, 2.24) is 10.6 Å². The fraction of sp³-hybridized carbons (Fsp3) is 0.471. The summed E-state index contributed by atoms with van der Waals surface area (Å²) in [4.78, 5) is 14.8. The summed E-state index contributed by atoms with van der Waals surface area (Å²) in [7, 11) is 0. The van der Waals surface area contributed by atoms with E-state index in [1.54, 1.807) is 22.7 Å². The molecule has 0 fully saturated rings. The summed E-state index contributed by atoms with van der Waals surface area (Å²) in [5, 5.41) is 10.4. The number of rotatable bonds is 6. The van der Waals surface area contributed by atoms with Crippen LogP contribution < -0.4 is 10.6 Å². The third kappa shape index (κ3) is 4.34. The van der Waals surface area contributed by atoms with Gasteiger partial charge in [0.1, 0.15) is 0 Å². The topological polar surface area (TPSA) is 41.1 Å². The van der Waals surface area contributed by atoms with Crippen molar-refractivity contribution in [3.05, 3.63) is 44.8 Å². The van der Waals surface area contributed by atoms with Crippen LogP contribution in [0.3, 0.4) is 0 Å². The molecule has 2 aromatic heterocycles. The molecule has 120 valence electrons. The van der Waals surface area contributed by atoms with Gasteiger partial charge >= 0.3 is 6.03 Å². The largest absolute Gasteiger partial charge is 0.330 e. The molecule has 0 radical (unpaired) electrons. The van der Waals surface area contributed by atoms with Crippen molar-refractivity contribution in [3.63, 3.8) is 0 Å². The van der Waals surface area contributed by atoms with E-state index in [2.05, 4.69) is 50.5 Å². The molecule has 2 aromatic rings. The average Bonchev–Trinajstić information content (AvgIpc) is 3.14. The van der Waals surface area contributed by atoms with Crippen molar-refractivity contribution in [3.8, 4) is 0 Å². The first kappa shape index (κ1) is 17.0. The minimum absolute atomic E-state index is 0.0520. The second kappa shape index (κ2) is 7.79. The second-order valence-corrected chi connectivity index (χ2v) is 8.05. The Hall–Kier alpha value is -1.33. The fourth-order valence-corrected chi connectivity index (χ4v) is 4.29. The fourth-order valence-electron chi connectivity index (χ4n) is 2.39. The maximum Gasteiger partial charge on any atom is 0.315 e. The summed E-state index contributed by atoms with van der Waals surface area (Å²) in [5.74, 6) is 0.701. The number of carbonyl (C=O) groups is 1. The van der Waals surface area contributed by atoms with Crippen LogP contribution in [0.2, 0.25) is 0 Å². The van der Waals surface area contributed by atoms with Crippen molar-refractivity contribution < 1.29 is 4.79 Å². The Labute approximate surface area is 140 Å². The van der Waals surface area contributed by atoms with Gasteiger partial charge in [0.15, 0.2) is 0 Å². The predicted octanol–water partition coefficient (Wildman–Crippen LogP) is 5.20. The van der Waals surface area contributed by atoms with Crippen LogP contribution in [0.25, 0.3) is 0 Å². The van der Waals surface area contributed by atoms with Gasteiger partial charge in [0, 0.05) is 9.75 Å². The summed E-state index contributed by atoms with van der Waals surface area (Å²) in [6.45, 7) is 8.52. The molecule has 3 nitrogen and oxygen atoms in total. The molecule has 0 aliphatic rings. The van der Waals surface area contributed by atoms with Crippen LogP contribution in [0, 0.1) is 11.8 Å². The highest BCUT2D eigenvalue weighted by atomic mass is 32.1. The minimum atomic E-state index is -0.0980. The van der Waals surface area contributed by atoms with E-state index in [9.17, 15) is 4.79 Å². The monoisotopic (exact) mass is 336 g/mol. The quantitative estimate of drug-likeness (QED) is 0.747. The Morgan fingerprint density at radius 1 is 0.864 bits per heavy atom. The summed E-state index contributed by atoms with van der Waals surface area (Å²) in [5.41, 5.74) is 0. The molecule has 22 heavy (non-hydrogen) atoms. The van der Waals surface area contributed by atoms with Gasteiger partial charge in [-0.15, -0.1) is 22.7 Å². The van der Waals surface area contributed by atoms with Crippen LogP contribution >= 0.6 is 22.7 Å². The number of nitrogens with one attached hydrogen (secondary N) is 2. The molecule has 0 saturated heterocycles. The molecule has 2 atom stereocenters. The highest BCUT2D eigenvalue weighted by Crippen LogP contribution is 2.28. The van der Waals surface area contributed by atoms with Gasteiger partial charge in [-0.2, -0.15) is 0 Å². The normalized spacial score (nSPS) is 14.1. The Balaban J connectivity index is 2.04. The summed E-state index contributed by atoms with van der Waals surface area (Å²) >= 11 is 3.37. The zero-order chi connectivity index (χ0) is 16.1. The van der Waals surface area contributed by atoms with Crippen LogP contribution in [0.4, 0.5) is 4.79 Å². The lowest BCUT2D eigenvalue weighted by atomic mass is 10.0. The SMILES string of the molecule is CC(C)[C@H](NC(=O)N[C@H](c1cccs1)C(C)C)c1cccs1. The number of hydrogen-bond acceptors (Lipinski definition) is 3. The van der Waals surface area contributed by atoms with Crippen LogP contribution in [0.1, 0.15) is 49.5 Å². The Bertz CT molecular complexity index is 511. The molecule has 2 heterocycles. The third-order valence-corrected chi connectivity index (χ3v) is 5.52. The van der Waals surface area contributed by atoms with Crippen molar-refractivity contribution in [1.29, 1.82) is 0 Å². The Morgan fingerprint density at radius 3 is 1.55 bits per heavy atom. The molecular weight excluding hydrogens is 312 g/mol. The first-order valence-electron chi connectivity index (χ1n) is 7.63. The first-order valence-corrected chi connectivity index (χ1v) is 9.38. The van der Waals surface area contributed by atoms with Gasteiger partial charge in [0.25, 0.3) is 0 Å². The van der Waals surface area contributed by atoms with Crippen LogP contribution in [-0.2, 0) is 0 Å². The van der Waals surface area contributed by atoms with Crippen molar-refractivity contribution >= 4 is 28.7 Å². The summed E-state index contributed by atoms with van der Waals surface area (Å²) < 4.78 is 0. The van der Waals surface area contributed by atoms with E-state index in [1.807, 2.05) is 22.9 Å². The molecule has 0 unspecified atom stereocenters. The molecule has 0 bridgehead atoms. The maximum absolute atomic E-state index is 12.5. The highest BCUT2D eigenvalue weighted by molar-refractivity contribution is 7.10. The van der Waals surface area contributed by atoms with Crippen molar-refractivity contribution in [2.75, 3.05) is 0 Å².